The third-order valence-corrected chi connectivity index (χ3v) is 5.15. The molecule has 0 saturated heterocycles. The Labute approximate surface area is 152 Å². The van der Waals surface area contributed by atoms with Crippen molar-refractivity contribution in [1.29, 1.82) is 0 Å². The zero-order chi connectivity index (χ0) is 18.8. The van der Waals surface area contributed by atoms with E-state index in [9.17, 15) is 18.8 Å². The molecule has 0 unspecified atom stereocenters. The molecule has 0 spiro atoms. The number of hydrogen-bond donors (Lipinski definition) is 0. The largest absolute Gasteiger partial charge is 0.342 e. The summed E-state index contributed by atoms with van der Waals surface area (Å²) in [6.45, 7) is 4.53. The van der Waals surface area contributed by atoms with Gasteiger partial charge in [-0.2, -0.15) is 0 Å². The molecule has 0 atom stereocenters. The molecule has 0 bridgehead atoms. The van der Waals surface area contributed by atoms with Crippen LogP contribution in [0, 0.1) is 5.82 Å². The molecule has 0 aliphatic carbocycles. The summed E-state index contributed by atoms with van der Waals surface area (Å²) < 4.78 is 16.6. The number of fused-ring (bicyclic) bond motifs is 1. The second kappa shape index (κ2) is 7.25. The summed E-state index contributed by atoms with van der Waals surface area (Å²) in [5.41, 5.74) is -1.05. The van der Waals surface area contributed by atoms with Gasteiger partial charge in [-0.05, 0) is 37.4 Å². The Balaban J connectivity index is 2.26. The van der Waals surface area contributed by atoms with Crippen molar-refractivity contribution in [1.82, 2.24) is 14.0 Å². The summed E-state index contributed by atoms with van der Waals surface area (Å²) in [5.74, 6) is -0.910. The molecule has 2 heterocycles. The first-order valence-corrected chi connectivity index (χ1v) is 9.13. The number of benzene rings is 1. The maximum atomic E-state index is 14.2. The highest BCUT2D eigenvalue weighted by Gasteiger charge is 2.20. The maximum absolute atomic E-state index is 14.2. The van der Waals surface area contributed by atoms with Gasteiger partial charge in [-0.3, -0.25) is 14.2 Å². The molecule has 1 aromatic carbocycles. The van der Waals surface area contributed by atoms with Crippen molar-refractivity contribution in [3.63, 3.8) is 0 Å². The zero-order valence-corrected chi connectivity index (χ0v) is 15.3. The summed E-state index contributed by atoms with van der Waals surface area (Å²) in [4.78, 5) is 39.8. The third-order valence-electron chi connectivity index (χ3n) is 4.26. The fourth-order valence-electron chi connectivity index (χ4n) is 2.90. The van der Waals surface area contributed by atoms with E-state index in [4.69, 9.17) is 0 Å². The lowest BCUT2D eigenvalue weighted by Crippen LogP contribution is -2.42. The number of carbonyl (C=O) groups excluding carboxylic acids is 1. The summed E-state index contributed by atoms with van der Waals surface area (Å²) in [6.07, 6.45) is 0. The molecule has 0 saturated carbocycles. The molecule has 2 aromatic heterocycles. The predicted molar refractivity (Wildman–Crippen MR) is 99.6 cm³/mol. The summed E-state index contributed by atoms with van der Waals surface area (Å²) in [6, 6.07) is 7.22. The van der Waals surface area contributed by atoms with Gasteiger partial charge in [-0.15, -0.1) is 11.3 Å². The molecule has 6 nitrogen and oxygen atoms in total. The number of aromatic nitrogens is 2. The Hall–Kier alpha value is -2.74. The lowest BCUT2D eigenvalue weighted by atomic mass is 10.3. The van der Waals surface area contributed by atoms with E-state index < -0.39 is 17.1 Å². The Kier molecular flexibility index (Phi) is 5.03. The first kappa shape index (κ1) is 18.1. The van der Waals surface area contributed by atoms with Crippen molar-refractivity contribution in [2.45, 2.75) is 20.4 Å². The van der Waals surface area contributed by atoms with Gasteiger partial charge in [0.2, 0.25) is 5.91 Å². The average Bonchev–Trinajstić information content (AvgIpc) is 3.11. The standard InChI is InChI=1S/C18H18FN3O3S/c1-3-20(4-2)15(23)11-21-14-9-10-26-16(14)17(24)22(18(21)25)13-8-6-5-7-12(13)19/h5-10H,3-4,11H2,1-2H3. The smallest absolute Gasteiger partial charge is 0.336 e. The number of para-hydroxylation sites is 1. The Morgan fingerprint density at radius 2 is 1.85 bits per heavy atom. The normalized spacial score (nSPS) is 11.0. The molecule has 3 aromatic rings. The van der Waals surface area contributed by atoms with E-state index in [2.05, 4.69) is 0 Å². The van der Waals surface area contributed by atoms with Gasteiger partial charge >= 0.3 is 5.69 Å². The number of halogens is 1. The van der Waals surface area contributed by atoms with E-state index in [-0.39, 0.29) is 18.1 Å². The number of likely N-dealkylation sites (N-methyl/N-ethyl adjacent to an activating group) is 1. The number of thiophene rings is 1. The van der Waals surface area contributed by atoms with Crippen molar-refractivity contribution in [3.8, 4) is 5.69 Å². The van der Waals surface area contributed by atoms with Crippen molar-refractivity contribution in [2.24, 2.45) is 0 Å². The number of rotatable bonds is 5. The number of carbonyl (C=O) groups is 1. The topological polar surface area (TPSA) is 64.3 Å². The average molecular weight is 375 g/mol. The van der Waals surface area contributed by atoms with Crippen LogP contribution in [0.25, 0.3) is 15.9 Å². The lowest BCUT2D eigenvalue weighted by Gasteiger charge is -2.20. The van der Waals surface area contributed by atoms with Gasteiger partial charge in [-0.1, -0.05) is 12.1 Å². The van der Waals surface area contributed by atoms with Crippen molar-refractivity contribution in [3.05, 3.63) is 62.4 Å². The van der Waals surface area contributed by atoms with Crippen LogP contribution in [0.1, 0.15) is 13.8 Å². The lowest BCUT2D eigenvalue weighted by molar-refractivity contribution is -0.131. The van der Waals surface area contributed by atoms with E-state index in [0.717, 1.165) is 15.9 Å². The van der Waals surface area contributed by atoms with Crippen LogP contribution in [-0.2, 0) is 11.3 Å². The zero-order valence-electron chi connectivity index (χ0n) is 14.4. The second-order valence-corrected chi connectivity index (χ2v) is 6.58. The van der Waals surface area contributed by atoms with Crippen molar-refractivity contribution >= 4 is 27.5 Å². The van der Waals surface area contributed by atoms with Gasteiger partial charge < -0.3 is 4.90 Å². The second-order valence-electron chi connectivity index (χ2n) is 5.66. The number of hydrogen-bond acceptors (Lipinski definition) is 4. The van der Waals surface area contributed by atoms with Crippen LogP contribution in [0.15, 0.2) is 45.3 Å². The minimum Gasteiger partial charge on any atom is -0.342 e. The molecule has 136 valence electrons. The molecule has 0 radical (unpaired) electrons. The van der Waals surface area contributed by atoms with Crippen LogP contribution < -0.4 is 11.2 Å². The van der Waals surface area contributed by atoms with Crippen LogP contribution in [0.5, 0.6) is 0 Å². The first-order valence-electron chi connectivity index (χ1n) is 8.25. The van der Waals surface area contributed by atoms with Crippen LogP contribution in [0.3, 0.4) is 0 Å². The maximum Gasteiger partial charge on any atom is 0.336 e. The van der Waals surface area contributed by atoms with Gasteiger partial charge in [-0.25, -0.2) is 13.8 Å². The highest BCUT2D eigenvalue weighted by Crippen LogP contribution is 2.17. The predicted octanol–water partition coefficient (Wildman–Crippen LogP) is 2.22. The highest BCUT2D eigenvalue weighted by atomic mass is 32.1. The van der Waals surface area contributed by atoms with Gasteiger partial charge in [0.05, 0.1) is 11.2 Å². The van der Waals surface area contributed by atoms with Crippen molar-refractivity contribution < 1.29 is 9.18 Å². The van der Waals surface area contributed by atoms with Gasteiger partial charge in [0, 0.05) is 13.1 Å². The Morgan fingerprint density at radius 3 is 2.50 bits per heavy atom. The molecule has 0 N–H and O–H groups in total. The van der Waals surface area contributed by atoms with E-state index in [1.165, 1.54) is 22.8 Å². The van der Waals surface area contributed by atoms with E-state index in [0.29, 0.717) is 23.3 Å². The van der Waals surface area contributed by atoms with Crippen LogP contribution in [-0.4, -0.2) is 33.0 Å². The van der Waals surface area contributed by atoms with Crippen molar-refractivity contribution in [2.75, 3.05) is 13.1 Å². The van der Waals surface area contributed by atoms with E-state index >= 15 is 0 Å². The quantitative estimate of drug-likeness (QED) is 0.687. The summed E-state index contributed by atoms with van der Waals surface area (Å²) >= 11 is 1.16. The third kappa shape index (κ3) is 2.96. The molecule has 0 aliphatic heterocycles. The van der Waals surface area contributed by atoms with Gasteiger partial charge in [0.1, 0.15) is 17.1 Å². The minimum absolute atomic E-state index is 0.123. The minimum atomic E-state index is -0.730. The summed E-state index contributed by atoms with van der Waals surface area (Å²) in [7, 11) is 0. The molecular formula is C18H18FN3O3S. The van der Waals surface area contributed by atoms with Gasteiger partial charge in [0.15, 0.2) is 0 Å². The molecule has 3 rings (SSSR count). The van der Waals surface area contributed by atoms with Crippen LogP contribution in [0.2, 0.25) is 0 Å². The molecule has 8 heteroatoms. The fraction of sp³-hybridized carbons (Fsp3) is 0.278. The fourth-order valence-corrected chi connectivity index (χ4v) is 3.72. The first-order chi connectivity index (χ1) is 12.5. The number of nitrogens with zero attached hydrogens (tertiary/aromatic N) is 3. The molecule has 0 aliphatic rings. The Morgan fingerprint density at radius 1 is 1.15 bits per heavy atom. The SMILES string of the molecule is CCN(CC)C(=O)Cn1c(=O)n(-c2ccccc2F)c(=O)c2sccc21. The number of amides is 1. The molecular weight excluding hydrogens is 357 g/mol. The Bertz CT molecular complexity index is 1080. The van der Waals surface area contributed by atoms with Crippen LogP contribution >= 0.6 is 11.3 Å². The summed E-state index contributed by atoms with van der Waals surface area (Å²) in [5, 5.41) is 1.68. The highest BCUT2D eigenvalue weighted by molar-refractivity contribution is 7.17. The molecule has 1 amide bonds. The molecule has 0 fully saturated rings. The monoisotopic (exact) mass is 375 g/mol. The molecule has 26 heavy (non-hydrogen) atoms. The van der Waals surface area contributed by atoms with E-state index in [1.807, 2.05) is 13.8 Å². The van der Waals surface area contributed by atoms with E-state index in [1.54, 1.807) is 22.4 Å². The van der Waals surface area contributed by atoms with Gasteiger partial charge in [0.25, 0.3) is 5.56 Å². The van der Waals surface area contributed by atoms with Crippen LogP contribution in [0.4, 0.5) is 4.39 Å².